The van der Waals surface area contributed by atoms with Crippen molar-refractivity contribution in [2.45, 2.75) is 13.8 Å². The first-order chi connectivity index (χ1) is 9.47. The highest BCUT2D eigenvalue weighted by Gasteiger charge is 2.12. The van der Waals surface area contributed by atoms with Gasteiger partial charge in [-0.2, -0.15) is 5.10 Å². The molecule has 5 nitrogen and oxygen atoms in total. The molecule has 1 heterocycles. The van der Waals surface area contributed by atoms with Crippen molar-refractivity contribution in [1.82, 2.24) is 5.43 Å². The van der Waals surface area contributed by atoms with E-state index in [4.69, 9.17) is 4.42 Å². The van der Waals surface area contributed by atoms with Gasteiger partial charge in [-0.05, 0) is 38.1 Å². The van der Waals surface area contributed by atoms with Crippen LogP contribution in [0, 0.1) is 13.8 Å². The summed E-state index contributed by atoms with van der Waals surface area (Å²) in [6, 6.07) is 6.59. The number of carbonyl (C=O) groups is 1. The van der Waals surface area contributed by atoms with Crippen LogP contribution in [0.25, 0.3) is 0 Å². The van der Waals surface area contributed by atoms with Gasteiger partial charge in [-0.25, -0.2) is 5.43 Å². The summed E-state index contributed by atoms with van der Waals surface area (Å²) in [5, 5.41) is 13.4. The van der Waals surface area contributed by atoms with Crippen LogP contribution >= 0.6 is 15.9 Å². The molecular weight excluding hydrogens is 324 g/mol. The molecular formula is C14H13BrN2O3. The highest BCUT2D eigenvalue weighted by Crippen LogP contribution is 2.20. The third-order valence-corrected chi connectivity index (χ3v) is 3.14. The van der Waals surface area contributed by atoms with Crippen LogP contribution in [0.2, 0.25) is 0 Å². The van der Waals surface area contributed by atoms with Gasteiger partial charge in [0.1, 0.15) is 17.3 Å². The van der Waals surface area contributed by atoms with Gasteiger partial charge in [0, 0.05) is 10.0 Å². The summed E-state index contributed by atoms with van der Waals surface area (Å²) in [7, 11) is 0. The Labute approximate surface area is 124 Å². The van der Waals surface area contributed by atoms with Crippen molar-refractivity contribution in [3.63, 3.8) is 0 Å². The standard InChI is InChI=1S/C14H13BrN2O3/c1-8-5-12(9(2)20-8)14(19)17-16-7-10-6-11(15)3-4-13(10)18/h3-7,18H,1-2H3,(H,17,19)/b16-7-. The second-order valence-corrected chi connectivity index (χ2v) is 5.14. The van der Waals surface area contributed by atoms with Gasteiger partial charge in [0.25, 0.3) is 5.91 Å². The summed E-state index contributed by atoms with van der Waals surface area (Å²) in [4.78, 5) is 11.9. The number of phenols is 1. The first-order valence-electron chi connectivity index (χ1n) is 5.86. The molecule has 0 bridgehead atoms. The fourth-order valence-corrected chi connectivity index (χ4v) is 2.08. The van der Waals surface area contributed by atoms with Gasteiger partial charge in [0.2, 0.25) is 0 Å². The molecule has 2 rings (SSSR count). The number of hydrazone groups is 1. The zero-order chi connectivity index (χ0) is 14.7. The molecule has 0 saturated carbocycles. The van der Waals surface area contributed by atoms with Crippen LogP contribution in [0.4, 0.5) is 0 Å². The molecule has 0 aliphatic heterocycles. The first kappa shape index (κ1) is 14.3. The summed E-state index contributed by atoms with van der Waals surface area (Å²) < 4.78 is 6.09. The van der Waals surface area contributed by atoms with Crippen LogP contribution < -0.4 is 5.43 Å². The number of hydrogen-bond donors (Lipinski definition) is 2. The van der Waals surface area contributed by atoms with Crippen molar-refractivity contribution in [2.24, 2.45) is 5.10 Å². The zero-order valence-electron chi connectivity index (χ0n) is 11.0. The van der Waals surface area contributed by atoms with Gasteiger partial charge >= 0.3 is 0 Å². The molecule has 6 heteroatoms. The number of nitrogens with zero attached hydrogens (tertiary/aromatic N) is 1. The minimum Gasteiger partial charge on any atom is -0.507 e. The lowest BCUT2D eigenvalue weighted by molar-refractivity contribution is 0.0953. The summed E-state index contributed by atoms with van der Waals surface area (Å²) in [5.74, 6) is 0.938. The molecule has 0 spiro atoms. The van der Waals surface area contributed by atoms with Crippen LogP contribution in [-0.2, 0) is 0 Å². The Morgan fingerprint density at radius 3 is 2.80 bits per heavy atom. The number of furan rings is 1. The van der Waals surface area contributed by atoms with Crippen molar-refractivity contribution < 1.29 is 14.3 Å². The van der Waals surface area contributed by atoms with Crippen molar-refractivity contribution in [1.29, 1.82) is 0 Å². The number of phenolic OH excluding ortho intramolecular Hbond substituents is 1. The number of aryl methyl sites for hydroxylation is 2. The molecule has 0 saturated heterocycles. The van der Waals surface area contributed by atoms with E-state index in [0.29, 0.717) is 22.6 Å². The predicted molar refractivity (Wildman–Crippen MR) is 79.0 cm³/mol. The van der Waals surface area contributed by atoms with E-state index in [1.54, 1.807) is 32.0 Å². The van der Waals surface area contributed by atoms with Crippen molar-refractivity contribution >= 4 is 28.1 Å². The first-order valence-corrected chi connectivity index (χ1v) is 6.65. The number of halogens is 1. The third kappa shape index (κ3) is 3.27. The molecule has 0 aliphatic rings. The van der Waals surface area contributed by atoms with Crippen LogP contribution in [0.15, 0.2) is 38.3 Å². The molecule has 104 valence electrons. The maximum Gasteiger partial charge on any atom is 0.274 e. The van der Waals surface area contributed by atoms with E-state index in [1.165, 1.54) is 12.3 Å². The zero-order valence-corrected chi connectivity index (χ0v) is 12.6. The van der Waals surface area contributed by atoms with E-state index >= 15 is 0 Å². The van der Waals surface area contributed by atoms with Gasteiger partial charge in [-0.15, -0.1) is 0 Å². The Balaban J connectivity index is 2.08. The van der Waals surface area contributed by atoms with Gasteiger partial charge in [-0.1, -0.05) is 15.9 Å². The SMILES string of the molecule is Cc1cc(C(=O)N/N=C\c2cc(Br)ccc2O)c(C)o1. The molecule has 1 aromatic carbocycles. The van der Waals surface area contributed by atoms with Crippen molar-refractivity contribution in [3.05, 3.63) is 51.4 Å². The van der Waals surface area contributed by atoms with Crippen LogP contribution in [0.3, 0.4) is 0 Å². The van der Waals surface area contributed by atoms with Crippen LogP contribution in [-0.4, -0.2) is 17.2 Å². The summed E-state index contributed by atoms with van der Waals surface area (Å²) in [6.45, 7) is 3.48. The molecule has 0 radical (unpaired) electrons. The minimum absolute atomic E-state index is 0.0848. The average Bonchev–Trinajstić information content (AvgIpc) is 2.72. The van der Waals surface area contributed by atoms with E-state index in [9.17, 15) is 9.90 Å². The number of carbonyl (C=O) groups excluding carboxylic acids is 1. The summed E-state index contributed by atoms with van der Waals surface area (Å²) >= 11 is 3.29. The third-order valence-electron chi connectivity index (χ3n) is 2.64. The van der Waals surface area contributed by atoms with Gasteiger partial charge < -0.3 is 9.52 Å². The largest absolute Gasteiger partial charge is 0.507 e. The monoisotopic (exact) mass is 336 g/mol. The van der Waals surface area contributed by atoms with E-state index in [2.05, 4.69) is 26.5 Å². The molecule has 1 aromatic heterocycles. The van der Waals surface area contributed by atoms with Gasteiger partial charge in [0.15, 0.2) is 0 Å². The fraction of sp³-hybridized carbons (Fsp3) is 0.143. The number of amides is 1. The molecule has 2 aromatic rings. The second-order valence-electron chi connectivity index (χ2n) is 4.23. The average molecular weight is 337 g/mol. The second kappa shape index (κ2) is 5.92. The molecule has 0 unspecified atom stereocenters. The van der Waals surface area contributed by atoms with E-state index in [-0.39, 0.29) is 11.7 Å². The minimum atomic E-state index is -0.356. The van der Waals surface area contributed by atoms with Gasteiger partial charge in [0.05, 0.1) is 11.8 Å². The Morgan fingerprint density at radius 1 is 1.40 bits per heavy atom. The Bertz CT molecular complexity index is 677. The summed E-state index contributed by atoms with van der Waals surface area (Å²) in [6.07, 6.45) is 1.38. The topological polar surface area (TPSA) is 74.8 Å². The smallest absolute Gasteiger partial charge is 0.274 e. The van der Waals surface area contributed by atoms with Crippen molar-refractivity contribution in [2.75, 3.05) is 0 Å². The molecule has 0 fully saturated rings. The van der Waals surface area contributed by atoms with E-state index < -0.39 is 0 Å². The maximum absolute atomic E-state index is 11.9. The normalized spacial score (nSPS) is 10.9. The lowest BCUT2D eigenvalue weighted by Gasteiger charge is -2.00. The number of aromatic hydroxyl groups is 1. The van der Waals surface area contributed by atoms with Crippen LogP contribution in [0.5, 0.6) is 5.75 Å². The van der Waals surface area contributed by atoms with Crippen LogP contribution in [0.1, 0.15) is 27.4 Å². The molecule has 1 amide bonds. The molecule has 0 aliphatic carbocycles. The molecule has 20 heavy (non-hydrogen) atoms. The highest BCUT2D eigenvalue weighted by atomic mass is 79.9. The van der Waals surface area contributed by atoms with Gasteiger partial charge in [-0.3, -0.25) is 4.79 Å². The Hall–Kier alpha value is -2.08. The highest BCUT2D eigenvalue weighted by molar-refractivity contribution is 9.10. The summed E-state index contributed by atoms with van der Waals surface area (Å²) in [5.41, 5.74) is 3.33. The molecule has 0 atom stereocenters. The molecule has 2 N–H and O–H groups in total. The Morgan fingerprint density at radius 2 is 2.15 bits per heavy atom. The number of hydrogen-bond acceptors (Lipinski definition) is 4. The lowest BCUT2D eigenvalue weighted by atomic mass is 10.2. The number of nitrogens with one attached hydrogen (secondary N) is 1. The lowest BCUT2D eigenvalue weighted by Crippen LogP contribution is -2.17. The van der Waals surface area contributed by atoms with Crippen molar-refractivity contribution in [3.8, 4) is 5.75 Å². The number of rotatable bonds is 3. The van der Waals surface area contributed by atoms with E-state index in [1.807, 2.05) is 0 Å². The number of benzene rings is 1. The quantitative estimate of drug-likeness (QED) is 0.667. The fourth-order valence-electron chi connectivity index (χ4n) is 1.71. The Kier molecular flexibility index (Phi) is 4.24. The predicted octanol–water partition coefficient (Wildman–Crippen LogP) is 3.13. The van der Waals surface area contributed by atoms with E-state index in [0.717, 1.165) is 4.47 Å². The maximum atomic E-state index is 11.9.